The predicted octanol–water partition coefficient (Wildman–Crippen LogP) is 4.81. The number of carboxylic acid groups (broad SMARTS) is 1. The van der Waals surface area contributed by atoms with Crippen LogP contribution in [0.1, 0.15) is 21.5 Å². The number of benzene rings is 3. The fourth-order valence-electron chi connectivity index (χ4n) is 2.74. The van der Waals surface area contributed by atoms with Crippen molar-refractivity contribution < 1.29 is 19.4 Å². The number of carbonyl (C=O) groups excluding carboxylic acids is 1. The number of rotatable bonds is 6. The number of carbonyl (C=O) groups is 2. The number of aromatic carboxylic acids is 1. The third-order valence-corrected chi connectivity index (χ3v) is 4.02. The summed E-state index contributed by atoms with van der Waals surface area (Å²) in [5.74, 6) is -1.58. The number of hydrogen-bond acceptors (Lipinski definition) is 3. The zero-order chi connectivity index (χ0) is 19.1. The van der Waals surface area contributed by atoms with Crippen LogP contribution in [0.4, 0.5) is 0 Å². The molecular weight excluding hydrogens is 340 g/mol. The van der Waals surface area contributed by atoms with Crippen molar-refractivity contribution in [1.82, 2.24) is 0 Å². The van der Waals surface area contributed by atoms with Gasteiger partial charge < -0.3 is 9.84 Å². The van der Waals surface area contributed by atoms with Gasteiger partial charge in [-0.25, -0.2) is 9.59 Å². The largest absolute Gasteiger partial charge is 0.478 e. The second-order valence-corrected chi connectivity index (χ2v) is 5.87. The van der Waals surface area contributed by atoms with Crippen LogP contribution in [0.5, 0.6) is 0 Å². The summed E-state index contributed by atoms with van der Waals surface area (Å²) in [6.45, 7) is 0.167. The Morgan fingerprint density at radius 2 is 1.52 bits per heavy atom. The van der Waals surface area contributed by atoms with Crippen LogP contribution in [0.2, 0.25) is 0 Å². The van der Waals surface area contributed by atoms with Gasteiger partial charge in [-0.3, -0.25) is 0 Å². The highest BCUT2D eigenvalue weighted by Gasteiger charge is 2.15. The van der Waals surface area contributed by atoms with Gasteiger partial charge in [-0.05, 0) is 28.3 Å². The minimum Gasteiger partial charge on any atom is -0.478 e. The van der Waals surface area contributed by atoms with Crippen molar-refractivity contribution in [1.29, 1.82) is 0 Å². The molecule has 134 valence electrons. The molecule has 0 spiro atoms. The summed E-state index contributed by atoms with van der Waals surface area (Å²) in [4.78, 5) is 23.8. The maximum absolute atomic E-state index is 12.0. The fourth-order valence-corrected chi connectivity index (χ4v) is 2.74. The Labute approximate surface area is 157 Å². The highest BCUT2D eigenvalue weighted by atomic mass is 16.5. The van der Waals surface area contributed by atoms with Gasteiger partial charge in [0.25, 0.3) is 0 Å². The maximum atomic E-state index is 12.0. The van der Waals surface area contributed by atoms with Gasteiger partial charge in [0, 0.05) is 6.08 Å². The van der Waals surface area contributed by atoms with Gasteiger partial charge in [0.15, 0.2) is 0 Å². The first-order valence-electron chi connectivity index (χ1n) is 8.45. The van der Waals surface area contributed by atoms with E-state index in [0.29, 0.717) is 11.1 Å². The van der Waals surface area contributed by atoms with E-state index in [9.17, 15) is 14.7 Å². The van der Waals surface area contributed by atoms with Crippen LogP contribution in [0.15, 0.2) is 84.9 Å². The van der Waals surface area contributed by atoms with E-state index in [4.69, 9.17) is 4.74 Å². The topological polar surface area (TPSA) is 63.6 Å². The first-order chi connectivity index (χ1) is 13.1. The van der Waals surface area contributed by atoms with E-state index in [1.807, 2.05) is 60.7 Å². The molecule has 3 aromatic carbocycles. The Morgan fingerprint density at radius 1 is 0.852 bits per heavy atom. The lowest BCUT2D eigenvalue weighted by Crippen LogP contribution is -2.04. The lowest BCUT2D eigenvalue weighted by molar-refractivity contribution is -0.138. The molecule has 0 amide bonds. The number of carboxylic acids is 1. The average Bonchev–Trinajstić information content (AvgIpc) is 2.71. The summed E-state index contributed by atoms with van der Waals surface area (Å²) in [7, 11) is 0. The van der Waals surface area contributed by atoms with Gasteiger partial charge in [0.05, 0.1) is 5.56 Å². The molecular formula is C23H18O4. The van der Waals surface area contributed by atoms with Crippen molar-refractivity contribution in [3.63, 3.8) is 0 Å². The lowest BCUT2D eigenvalue weighted by atomic mass is 9.95. The van der Waals surface area contributed by atoms with Crippen LogP contribution in [-0.2, 0) is 16.1 Å². The Hall–Kier alpha value is -3.66. The Morgan fingerprint density at radius 3 is 2.19 bits per heavy atom. The molecule has 0 saturated heterocycles. The molecule has 1 N–H and O–H groups in total. The van der Waals surface area contributed by atoms with Crippen LogP contribution in [-0.4, -0.2) is 17.0 Å². The van der Waals surface area contributed by atoms with Crippen LogP contribution in [0, 0.1) is 0 Å². The normalized spacial score (nSPS) is 10.7. The monoisotopic (exact) mass is 358 g/mol. The third kappa shape index (κ3) is 4.70. The lowest BCUT2D eigenvalue weighted by Gasteiger charge is -2.09. The van der Waals surface area contributed by atoms with E-state index in [1.54, 1.807) is 18.2 Å². The molecule has 0 aliphatic rings. The van der Waals surface area contributed by atoms with E-state index < -0.39 is 11.9 Å². The van der Waals surface area contributed by atoms with Crippen molar-refractivity contribution in [2.24, 2.45) is 0 Å². The molecule has 3 aromatic rings. The van der Waals surface area contributed by atoms with Gasteiger partial charge >= 0.3 is 11.9 Å². The summed E-state index contributed by atoms with van der Waals surface area (Å²) in [6, 6.07) is 23.8. The second kappa shape index (κ2) is 8.63. The molecule has 0 aromatic heterocycles. The summed E-state index contributed by atoms with van der Waals surface area (Å²) in [5, 5.41) is 9.68. The number of ether oxygens (including phenoxy) is 1. The summed E-state index contributed by atoms with van der Waals surface area (Å²) in [5.41, 5.74) is 2.88. The van der Waals surface area contributed by atoms with Crippen molar-refractivity contribution in [3.05, 3.63) is 102 Å². The molecule has 3 rings (SSSR count). The van der Waals surface area contributed by atoms with Gasteiger partial charge in [-0.15, -0.1) is 0 Å². The average molecular weight is 358 g/mol. The molecule has 4 nitrogen and oxygen atoms in total. The smallest absolute Gasteiger partial charge is 0.336 e. The van der Waals surface area contributed by atoms with Crippen molar-refractivity contribution in [2.45, 2.75) is 6.61 Å². The molecule has 0 fully saturated rings. The van der Waals surface area contributed by atoms with Crippen molar-refractivity contribution in [2.75, 3.05) is 0 Å². The minimum absolute atomic E-state index is 0.149. The molecule has 0 aliphatic carbocycles. The molecule has 4 heteroatoms. The molecule has 0 unspecified atom stereocenters. The zero-order valence-corrected chi connectivity index (χ0v) is 14.5. The van der Waals surface area contributed by atoms with E-state index in [2.05, 4.69) is 0 Å². The summed E-state index contributed by atoms with van der Waals surface area (Å²) >= 11 is 0. The highest BCUT2D eigenvalue weighted by Crippen LogP contribution is 2.27. The van der Waals surface area contributed by atoms with Crippen LogP contribution < -0.4 is 0 Å². The molecule has 0 bridgehead atoms. The standard InChI is InChI=1S/C23H18O4/c24-21(27-16-17-8-3-1-4-9-17)15-14-19-12-7-13-20(22(19)23(25)26)18-10-5-2-6-11-18/h1-15H,16H2,(H,25,26). The van der Waals surface area contributed by atoms with Gasteiger partial charge in [-0.2, -0.15) is 0 Å². The highest BCUT2D eigenvalue weighted by molar-refractivity contribution is 6.01. The first kappa shape index (κ1) is 18.1. The third-order valence-electron chi connectivity index (χ3n) is 4.02. The van der Waals surface area contributed by atoms with Gasteiger partial charge in [-0.1, -0.05) is 78.9 Å². The molecule has 0 saturated carbocycles. The van der Waals surface area contributed by atoms with E-state index >= 15 is 0 Å². The molecule has 0 atom stereocenters. The van der Waals surface area contributed by atoms with Gasteiger partial charge in [0.2, 0.25) is 0 Å². The fraction of sp³-hybridized carbons (Fsp3) is 0.0435. The summed E-state index contributed by atoms with van der Waals surface area (Å²) < 4.78 is 5.19. The number of hydrogen-bond donors (Lipinski definition) is 1. The maximum Gasteiger partial charge on any atom is 0.336 e. The minimum atomic E-state index is -1.05. The van der Waals surface area contributed by atoms with E-state index in [-0.39, 0.29) is 12.2 Å². The first-order valence-corrected chi connectivity index (χ1v) is 8.45. The summed E-state index contributed by atoms with van der Waals surface area (Å²) in [6.07, 6.45) is 2.72. The van der Waals surface area contributed by atoms with E-state index in [1.165, 1.54) is 12.2 Å². The van der Waals surface area contributed by atoms with Crippen LogP contribution >= 0.6 is 0 Å². The predicted molar refractivity (Wildman–Crippen MR) is 104 cm³/mol. The molecule has 27 heavy (non-hydrogen) atoms. The van der Waals surface area contributed by atoms with Gasteiger partial charge in [0.1, 0.15) is 6.61 Å². The SMILES string of the molecule is O=C(C=Cc1cccc(-c2ccccc2)c1C(=O)O)OCc1ccccc1. The van der Waals surface area contributed by atoms with Crippen molar-refractivity contribution in [3.8, 4) is 11.1 Å². The van der Waals surface area contributed by atoms with Crippen molar-refractivity contribution >= 4 is 18.0 Å². The Kier molecular flexibility index (Phi) is 5.80. The second-order valence-electron chi connectivity index (χ2n) is 5.87. The number of esters is 1. The molecule has 0 aliphatic heterocycles. The van der Waals surface area contributed by atoms with Crippen LogP contribution in [0.25, 0.3) is 17.2 Å². The van der Waals surface area contributed by atoms with E-state index in [0.717, 1.165) is 11.1 Å². The molecule has 0 heterocycles. The molecule has 0 radical (unpaired) electrons. The quantitative estimate of drug-likeness (QED) is 0.507. The Balaban J connectivity index is 1.81. The zero-order valence-electron chi connectivity index (χ0n) is 14.5. The van der Waals surface area contributed by atoms with Crippen LogP contribution in [0.3, 0.4) is 0 Å². The Bertz CT molecular complexity index is 960.